The molecule has 0 atom stereocenters. The Morgan fingerprint density at radius 3 is 2.16 bits per heavy atom. The van der Waals surface area contributed by atoms with E-state index in [1.165, 1.54) is 0 Å². The van der Waals surface area contributed by atoms with Gasteiger partial charge in [-0.2, -0.15) is 0 Å². The maximum absolute atomic E-state index is 12.7. The third-order valence-electron chi connectivity index (χ3n) is 4.26. The molecule has 8 heteroatoms. The van der Waals surface area contributed by atoms with Gasteiger partial charge in [-0.15, -0.1) is 0 Å². The van der Waals surface area contributed by atoms with Crippen molar-refractivity contribution in [3.63, 3.8) is 0 Å². The number of carbonyl (C=O) groups excluding carboxylic acids is 3. The van der Waals surface area contributed by atoms with E-state index < -0.39 is 5.41 Å². The SMILES string of the molecule is CCOC(=O)N1CCN(C(=O)C(C)(C)C(=O)NCCCN(C)C)CC1. The number of ether oxygens (including phenoxy) is 1. The van der Waals surface area contributed by atoms with Gasteiger partial charge in [0.1, 0.15) is 5.41 Å². The minimum Gasteiger partial charge on any atom is -0.450 e. The lowest BCUT2D eigenvalue weighted by Crippen LogP contribution is -2.56. The summed E-state index contributed by atoms with van der Waals surface area (Å²) in [7, 11) is 3.95. The molecule has 8 nitrogen and oxygen atoms in total. The number of nitrogens with zero attached hydrogens (tertiary/aromatic N) is 3. The van der Waals surface area contributed by atoms with Crippen molar-refractivity contribution in [3.8, 4) is 0 Å². The van der Waals surface area contributed by atoms with E-state index in [1.807, 2.05) is 19.0 Å². The normalized spacial score (nSPS) is 15.3. The van der Waals surface area contributed by atoms with E-state index in [0.29, 0.717) is 39.3 Å². The van der Waals surface area contributed by atoms with Crippen LogP contribution in [0.15, 0.2) is 0 Å². The highest BCUT2D eigenvalue weighted by atomic mass is 16.6. The standard InChI is InChI=1S/C17H32N4O4/c1-6-25-16(24)21-12-10-20(11-13-21)15(23)17(2,3)14(22)18-8-7-9-19(4)5/h6-13H2,1-5H3,(H,18,22). The zero-order chi connectivity index (χ0) is 19.0. The Labute approximate surface area is 150 Å². The highest BCUT2D eigenvalue weighted by Crippen LogP contribution is 2.20. The molecule has 25 heavy (non-hydrogen) atoms. The minimum atomic E-state index is -1.12. The molecule has 1 heterocycles. The van der Waals surface area contributed by atoms with Crippen molar-refractivity contribution < 1.29 is 19.1 Å². The smallest absolute Gasteiger partial charge is 0.409 e. The maximum atomic E-state index is 12.7. The fourth-order valence-electron chi connectivity index (χ4n) is 2.62. The number of carbonyl (C=O) groups is 3. The first-order chi connectivity index (χ1) is 11.7. The lowest BCUT2D eigenvalue weighted by molar-refractivity contribution is -0.149. The van der Waals surface area contributed by atoms with Crippen molar-refractivity contribution in [1.82, 2.24) is 20.0 Å². The van der Waals surface area contributed by atoms with Gasteiger partial charge in [0.2, 0.25) is 11.8 Å². The van der Waals surface area contributed by atoms with Crippen LogP contribution in [0.25, 0.3) is 0 Å². The van der Waals surface area contributed by atoms with Crippen LogP contribution in [0, 0.1) is 5.41 Å². The zero-order valence-electron chi connectivity index (χ0n) is 16.1. The van der Waals surface area contributed by atoms with Crippen molar-refractivity contribution in [3.05, 3.63) is 0 Å². The molecule has 0 spiro atoms. The Balaban J connectivity index is 2.49. The first-order valence-electron chi connectivity index (χ1n) is 8.84. The molecule has 0 radical (unpaired) electrons. The third-order valence-corrected chi connectivity index (χ3v) is 4.26. The van der Waals surface area contributed by atoms with Gasteiger partial charge in [0, 0.05) is 32.7 Å². The molecule has 0 bridgehead atoms. The van der Waals surface area contributed by atoms with Gasteiger partial charge in [-0.1, -0.05) is 0 Å². The van der Waals surface area contributed by atoms with Gasteiger partial charge in [-0.3, -0.25) is 9.59 Å². The van der Waals surface area contributed by atoms with Crippen LogP contribution in [-0.4, -0.2) is 92.6 Å². The van der Waals surface area contributed by atoms with Crippen LogP contribution in [-0.2, 0) is 14.3 Å². The average molecular weight is 356 g/mol. The topological polar surface area (TPSA) is 82.2 Å². The third kappa shape index (κ3) is 6.19. The molecule has 0 aromatic carbocycles. The van der Waals surface area contributed by atoms with Crippen molar-refractivity contribution in [2.24, 2.45) is 5.41 Å². The predicted molar refractivity (Wildman–Crippen MR) is 95.1 cm³/mol. The first kappa shape index (κ1) is 21.2. The van der Waals surface area contributed by atoms with E-state index in [4.69, 9.17) is 4.74 Å². The van der Waals surface area contributed by atoms with Crippen LogP contribution in [0.5, 0.6) is 0 Å². The molecule has 0 saturated carbocycles. The summed E-state index contributed by atoms with van der Waals surface area (Å²) in [6.07, 6.45) is 0.480. The second-order valence-electron chi connectivity index (χ2n) is 7.02. The quantitative estimate of drug-likeness (QED) is 0.527. The molecule has 0 unspecified atom stereocenters. The van der Waals surface area contributed by atoms with Crippen molar-refractivity contribution in [2.45, 2.75) is 27.2 Å². The van der Waals surface area contributed by atoms with Gasteiger partial charge in [0.05, 0.1) is 6.61 Å². The summed E-state index contributed by atoms with van der Waals surface area (Å²) in [5.74, 6) is -0.467. The Morgan fingerprint density at radius 2 is 1.64 bits per heavy atom. The maximum Gasteiger partial charge on any atom is 0.409 e. The molecule has 144 valence electrons. The summed E-state index contributed by atoms with van der Waals surface area (Å²) < 4.78 is 4.97. The van der Waals surface area contributed by atoms with Crippen LogP contribution in [0.4, 0.5) is 4.79 Å². The molecule has 1 N–H and O–H groups in total. The Kier molecular flexibility index (Phi) is 8.15. The number of hydrogen-bond acceptors (Lipinski definition) is 5. The fourth-order valence-corrected chi connectivity index (χ4v) is 2.62. The second kappa shape index (κ2) is 9.60. The molecule has 1 fully saturated rings. The summed E-state index contributed by atoms with van der Waals surface area (Å²) in [6, 6.07) is 0. The highest BCUT2D eigenvalue weighted by Gasteiger charge is 2.40. The van der Waals surface area contributed by atoms with Crippen LogP contribution in [0.3, 0.4) is 0 Å². The molecular formula is C17H32N4O4. The minimum absolute atomic E-state index is 0.207. The van der Waals surface area contributed by atoms with E-state index in [1.54, 1.807) is 30.6 Å². The van der Waals surface area contributed by atoms with Gasteiger partial charge >= 0.3 is 6.09 Å². The van der Waals surface area contributed by atoms with E-state index in [2.05, 4.69) is 5.32 Å². The van der Waals surface area contributed by atoms with Gasteiger partial charge in [0.25, 0.3) is 0 Å². The number of hydrogen-bond donors (Lipinski definition) is 1. The monoisotopic (exact) mass is 356 g/mol. The van der Waals surface area contributed by atoms with Crippen LogP contribution < -0.4 is 5.32 Å². The molecule has 0 aliphatic carbocycles. The number of piperazine rings is 1. The predicted octanol–water partition coefficient (Wildman–Crippen LogP) is 0.381. The molecule has 0 aromatic heterocycles. The van der Waals surface area contributed by atoms with Gasteiger partial charge < -0.3 is 24.8 Å². The Morgan fingerprint density at radius 1 is 1.08 bits per heavy atom. The first-order valence-corrected chi connectivity index (χ1v) is 8.84. The molecule has 1 aliphatic heterocycles. The molecule has 0 aromatic rings. The van der Waals surface area contributed by atoms with Gasteiger partial charge in [-0.05, 0) is 47.8 Å². The zero-order valence-corrected chi connectivity index (χ0v) is 16.1. The lowest BCUT2D eigenvalue weighted by Gasteiger charge is -2.37. The van der Waals surface area contributed by atoms with Crippen LogP contribution >= 0.6 is 0 Å². The largest absolute Gasteiger partial charge is 0.450 e. The Hall–Kier alpha value is -1.83. The van der Waals surface area contributed by atoms with Crippen LogP contribution in [0.2, 0.25) is 0 Å². The molecule has 1 rings (SSSR count). The lowest BCUT2D eigenvalue weighted by atomic mass is 9.90. The van der Waals surface area contributed by atoms with Gasteiger partial charge in [-0.25, -0.2) is 4.79 Å². The molecular weight excluding hydrogens is 324 g/mol. The van der Waals surface area contributed by atoms with Crippen LogP contribution in [0.1, 0.15) is 27.2 Å². The number of amides is 3. The fraction of sp³-hybridized carbons (Fsp3) is 0.824. The average Bonchev–Trinajstić information content (AvgIpc) is 2.57. The Bertz CT molecular complexity index is 471. The second-order valence-corrected chi connectivity index (χ2v) is 7.02. The van der Waals surface area contributed by atoms with E-state index >= 15 is 0 Å². The molecule has 1 saturated heterocycles. The summed E-state index contributed by atoms with van der Waals surface area (Å²) >= 11 is 0. The number of nitrogens with one attached hydrogen (secondary N) is 1. The van der Waals surface area contributed by atoms with E-state index in [9.17, 15) is 14.4 Å². The summed E-state index contributed by atoms with van der Waals surface area (Å²) in [4.78, 5) is 42.1. The summed E-state index contributed by atoms with van der Waals surface area (Å²) in [5, 5.41) is 2.84. The summed E-state index contributed by atoms with van der Waals surface area (Å²) in [5.41, 5.74) is -1.12. The van der Waals surface area contributed by atoms with E-state index in [-0.39, 0.29) is 17.9 Å². The summed E-state index contributed by atoms with van der Waals surface area (Å²) in [6.45, 7) is 8.48. The number of rotatable bonds is 7. The molecule has 1 aliphatic rings. The van der Waals surface area contributed by atoms with E-state index in [0.717, 1.165) is 13.0 Å². The highest BCUT2D eigenvalue weighted by molar-refractivity contribution is 6.04. The van der Waals surface area contributed by atoms with Crippen molar-refractivity contribution in [2.75, 3.05) is 60.0 Å². The molecule has 3 amide bonds. The van der Waals surface area contributed by atoms with Gasteiger partial charge in [0.15, 0.2) is 0 Å². The van der Waals surface area contributed by atoms with Crippen molar-refractivity contribution in [1.29, 1.82) is 0 Å². The van der Waals surface area contributed by atoms with Crippen molar-refractivity contribution >= 4 is 17.9 Å².